The first-order chi connectivity index (χ1) is 9.49. The van der Waals surface area contributed by atoms with E-state index in [4.69, 9.17) is 15.6 Å². The van der Waals surface area contributed by atoms with Gasteiger partial charge in [0, 0.05) is 0 Å². The zero-order valence-electron chi connectivity index (χ0n) is 11.7. The second-order valence-corrected chi connectivity index (χ2v) is 4.46. The predicted molar refractivity (Wildman–Crippen MR) is 76.1 cm³/mol. The first-order valence-corrected chi connectivity index (χ1v) is 6.47. The fourth-order valence-corrected chi connectivity index (χ4v) is 1.72. The van der Waals surface area contributed by atoms with E-state index in [-0.39, 0.29) is 11.5 Å². The molecule has 0 aliphatic rings. The summed E-state index contributed by atoms with van der Waals surface area (Å²) < 4.78 is 5.09. The zero-order chi connectivity index (χ0) is 15.1. The van der Waals surface area contributed by atoms with Crippen LogP contribution in [-0.2, 0) is 4.79 Å². The van der Waals surface area contributed by atoms with Gasteiger partial charge in [0.05, 0.1) is 24.4 Å². The Morgan fingerprint density at radius 3 is 2.70 bits per heavy atom. The summed E-state index contributed by atoms with van der Waals surface area (Å²) in [5.74, 6) is -1.02. The Kier molecular flexibility index (Phi) is 5.99. The van der Waals surface area contributed by atoms with Gasteiger partial charge < -0.3 is 20.9 Å². The Morgan fingerprint density at radius 2 is 2.15 bits per heavy atom. The number of aromatic carboxylic acids is 1. The van der Waals surface area contributed by atoms with Crippen LogP contribution in [0.1, 0.15) is 36.5 Å². The number of ether oxygens (including phenoxy) is 1. The van der Waals surface area contributed by atoms with Crippen LogP contribution in [-0.4, -0.2) is 30.1 Å². The maximum Gasteiger partial charge on any atom is 0.335 e. The third kappa shape index (κ3) is 4.24. The number of carbonyl (C=O) groups excluding carboxylic acids is 1. The van der Waals surface area contributed by atoms with Crippen molar-refractivity contribution in [1.82, 2.24) is 0 Å². The van der Waals surface area contributed by atoms with Gasteiger partial charge in [-0.15, -0.1) is 0 Å². The molecule has 0 aromatic heterocycles. The monoisotopic (exact) mass is 280 g/mol. The minimum absolute atomic E-state index is 0.0724. The molecule has 4 N–H and O–H groups in total. The Hall–Kier alpha value is -2.08. The number of hydrogen-bond acceptors (Lipinski definition) is 4. The van der Waals surface area contributed by atoms with Gasteiger partial charge in [-0.25, -0.2) is 4.79 Å². The fourth-order valence-electron chi connectivity index (χ4n) is 1.72. The van der Waals surface area contributed by atoms with Crippen LogP contribution in [0.4, 0.5) is 5.69 Å². The molecule has 20 heavy (non-hydrogen) atoms. The van der Waals surface area contributed by atoms with E-state index in [2.05, 4.69) is 5.32 Å². The lowest BCUT2D eigenvalue weighted by molar-refractivity contribution is -0.117. The summed E-state index contributed by atoms with van der Waals surface area (Å²) in [6, 6.07) is 3.64. The minimum atomic E-state index is -1.07. The molecule has 1 amide bonds. The lowest BCUT2D eigenvalue weighted by Gasteiger charge is -2.14. The van der Waals surface area contributed by atoms with E-state index in [0.29, 0.717) is 17.9 Å². The normalized spacial score (nSPS) is 11.8. The third-order valence-electron chi connectivity index (χ3n) is 2.91. The lowest BCUT2D eigenvalue weighted by Crippen LogP contribution is -2.35. The molecule has 0 spiro atoms. The number of carboxylic acid groups (broad SMARTS) is 1. The van der Waals surface area contributed by atoms with Gasteiger partial charge in [-0.3, -0.25) is 4.79 Å². The van der Waals surface area contributed by atoms with Crippen LogP contribution >= 0.6 is 0 Å². The number of anilines is 1. The summed E-state index contributed by atoms with van der Waals surface area (Å²) in [5, 5.41) is 11.6. The molecule has 1 aromatic carbocycles. The summed E-state index contributed by atoms with van der Waals surface area (Å²) in [5.41, 5.74) is 6.15. The van der Waals surface area contributed by atoms with Crippen LogP contribution in [0.5, 0.6) is 5.75 Å². The van der Waals surface area contributed by atoms with Crippen molar-refractivity contribution in [2.75, 3.05) is 12.4 Å². The summed E-state index contributed by atoms with van der Waals surface area (Å²) >= 11 is 0. The van der Waals surface area contributed by atoms with E-state index in [1.165, 1.54) is 25.3 Å². The van der Waals surface area contributed by atoms with Gasteiger partial charge in [0.15, 0.2) is 0 Å². The summed E-state index contributed by atoms with van der Waals surface area (Å²) in [7, 11) is 1.45. The molecule has 1 unspecified atom stereocenters. The number of methoxy groups -OCH3 is 1. The van der Waals surface area contributed by atoms with Crippen molar-refractivity contribution in [2.24, 2.45) is 5.73 Å². The minimum Gasteiger partial charge on any atom is -0.495 e. The molecule has 6 heteroatoms. The van der Waals surface area contributed by atoms with E-state index in [9.17, 15) is 9.59 Å². The summed E-state index contributed by atoms with van der Waals surface area (Å²) in [4.78, 5) is 22.9. The smallest absolute Gasteiger partial charge is 0.335 e. The van der Waals surface area contributed by atoms with E-state index < -0.39 is 12.0 Å². The number of rotatable bonds is 7. The standard InChI is InChI=1S/C14H20N2O4/c1-3-4-5-10(15)13(17)16-11-8-9(14(18)19)6-7-12(11)20-2/h6-8,10H,3-5,15H2,1-2H3,(H,16,17)(H,18,19). The van der Waals surface area contributed by atoms with E-state index >= 15 is 0 Å². The first-order valence-electron chi connectivity index (χ1n) is 6.47. The maximum absolute atomic E-state index is 11.9. The van der Waals surface area contributed by atoms with Crippen LogP contribution < -0.4 is 15.8 Å². The topological polar surface area (TPSA) is 102 Å². The maximum atomic E-state index is 11.9. The molecule has 0 aliphatic carbocycles. The summed E-state index contributed by atoms with van der Waals surface area (Å²) in [6.45, 7) is 2.02. The largest absolute Gasteiger partial charge is 0.495 e. The zero-order valence-corrected chi connectivity index (χ0v) is 11.7. The number of amides is 1. The van der Waals surface area contributed by atoms with Crippen molar-refractivity contribution in [3.05, 3.63) is 23.8 Å². The van der Waals surface area contributed by atoms with Gasteiger partial charge in [0.25, 0.3) is 0 Å². The fraction of sp³-hybridized carbons (Fsp3) is 0.429. The molecule has 110 valence electrons. The molecule has 1 aromatic rings. The van der Waals surface area contributed by atoms with Crippen LogP contribution in [0.2, 0.25) is 0 Å². The molecular formula is C14H20N2O4. The molecule has 0 radical (unpaired) electrons. The molecule has 0 aliphatic heterocycles. The highest BCUT2D eigenvalue weighted by Gasteiger charge is 2.16. The Labute approximate surface area is 117 Å². The molecule has 0 heterocycles. The van der Waals surface area contributed by atoms with Crippen molar-refractivity contribution in [1.29, 1.82) is 0 Å². The van der Waals surface area contributed by atoms with E-state index in [1.54, 1.807) is 0 Å². The van der Waals surface area contributed by atoms with E-state index in [1.807, 2.05) is 6.92 Å². The van der Waals surface area contributed by atoms with E-state index in [0.717, 1.165) is 12.8 Å². The Morgan fingerprint density at radius 1 is 1.45 bits per heavy atom. The second-order valence-electron chi connectivity index (χ2n) is 4.46. The highest BCUT2D eigenvalue weighted by molar-refractivity contribution is 5.98. The van der Waals surface area contributed by atoms with Gasteiger partial charge in [-0.05, 0) is 24.6 Å². The SMILES string of the molecule is CCCCC(N)C(=O)Nc1cc(C(=O)O)ccc1OC. The highest BCUT2D eigenvalue weighted by Crippen LogP contribution is 2.25. The van der Waals surface area contributed by atoms with Crippen LogP contribution in [0, 0.1) is 0 Å². The molecule has 0 saturated heterocycles. The number of carbonyl (C=O) groups is 2. The Balaban J connectivity index is 2.86. The van der Waals surface area contributed by atoms with Gasteiger partial charge in [-0.2, -0.15) is 0 Å². The van der Waals surface area contributed by atoms with Crippen molar-refractivity contribution >= 4 is 17.6 Å². The number of benzene rings is 1. The van der Waals surface area contributed by atoms with Crippen molar-refractivity contribution in [3.8, 4) is 5.75 Å². The third-order valence-corrected chi connectivity index (χ3v) is 2.91. The quantitative estimate of drug-likeness (QED) is 0.707. The highest BCUT2D eigenvalue weighted by atomic mass is 16.5. The average Bonchev–Trinajstić information content (AvgIpc) is 2.44. The van der Waals surface area contributed by atoms with Gasteiger partial charge in [0.1, 0.15) is 5.75 Å². The molecular weight excluding hydrogens is 260 g/mol. The molecule has 1 rings (SSSR count). The molecule has 1 atom stereocenters. The van der Waals surface area contributed by atoms with Crippen molar-refractivity contribution in [3.63, 3.8) is 0 Å². The first kappa shape index (κ1) is 16.0. The number of carboxylic acids is 1. The molecule has 0 bridgehead atoms. The molecule has 6 nitrogen and oxygen atoms in total. The average molecular weight is 280 g/mol. The van der Waals surface area contributed by atoms with Crippen molar-refractivity contribution < 1.29 is 19.4 Å². The summed E-state index contributed by atoms with van der Waals surface area (Å²) in [6.07, 6.45) is 2.41. The molecule has 0 saturated carbocycles. The van der Waals surface area contributed by atoms with Gasteiger partial charge >= 0.3 is 5.97 Å². The lowest BCUT2D eigenvalue weighted by atomic mass is 10.1. The van der Waals surface area contributed by atoms with Crippen LogP contribution in [0.15, 0.2) is 18.2 Å². The van der Waals surface area contributed by atoms with Crippen LogP contribution in [0.25, 0.3) is 0 Å². The number of hydrogen-bond donors (Lipinski definition) is 3. The second kappa shape index (κ2) is 7.49. The van der Waals surface area contributed by atoms with Gasteiger partial charge in [-0.1, -0.05) is 19.8 Å². The number of nitrogens with two attached hydrogens (primary N) is 1. The van der Waals surface area contributed by atoms with Crippen LogP contribution in [0.3, 0.4) is 0 Å². The van der Waals surface area contributed by atoms with Crippen molar-refractivity contribution in [2.45, 2.75) is 32.2 Å². The van der Waals surface area contributed by atoms with Gasteiger partial charge in [0.2, 0.25) is 5.91 Å². The predicted octanol–water partition coefficient (Wildman–Crippen LogP) is 1.85. The number of unbranched alkanes of at least 4 members (excludes halogenated alkanes) is 1. The number of nitrogens with one attached hydrogen (secondary N) is 1. The molecule has 0 fully saturated rings. The Bertz CT molecular complexity index is 488.